The maximum atomic E-state index is 5.53. The second-order valence-electron chi connectivity index (χ2n) is 5.02. The first-order chi connectivity index (χ1) is 8.10. The summed E-state index contributed by atoms with van der Waals surface area (Å²) in [6.07, 6.45) is 1.12. The van der Waals surface area contributed by atoms with E-state index in [1.807, 2.05) is 0 Å². The van der Waals surface area contributed by atoms with Crippen LogP contribution in [-0.4, -0.2) is 31.2 Å². The van der Waals surface area contributed by atoms with Gasteiger partial charge in [-0.1, -0.05) is 28.1 Å². The van der Waals surface area contributed by atoms with Gasteiger partial charge in [-0.15, -0.1) is 0 Å². The largest absolute Gasteiger partial charge is 0.380 e. The molecule has 2 nitrogen and oxygen atoms in total. The minimum Gasteiger partial charge on any atom is -0.380 e. The SMILES string of the molecule is CC(C)(c1cccc(Br)c1)N1CCCOCC1. The second kappa shape index (κ2) is 5.51. The van der Waals surface area contributed by atoms with Crippen molar-refractivity contribution in [3.63, 3.8) is 0 Å². The number of benzene rings is 1. The lowest BCUT2D eigenvalue weighted by molar-refractivity contribution is 0.0996. The van der Waals surface area contributed by atoms with Gasteiger partial charge >= 0.3 is 0 Å². The van der Waals surface area contributed by atoms with E-state index in [0.717, 1.165) is 37.2 Å². The highest BCUT2D eigenvalue weighted by molar-refractivity contribution is 9.10. The first kappa shape index (κ1) is 13.1. The topological polar surface area (TPSA) is 12.5 Å². The van der Waals surface area contributed by atoms with Crippen LogP contribution in [0.3, 0.4) is 0 Å². The van der Waals surface area contributed by atoms with Crippen molar-refractivity contribution in [3.8, 4) is 0 Å². The normalized spacial score (nSPS) is 19.0. The average molecular weight is 298 g/mol. The lowest BCUT2D eigenvalue weighted by atomic mass is 9.92. The Morgan fingerprint density at radius 1 is 1.24 bits per heavy atom. The Balaban J connectivity index is 2.21. The van der Waals surface area contributed by atoms with Gasteiger partial charge in [-0.05, 0) is 38.0 Å². The van der Waals surface area contributed by atoms with Gasteiger partial charge in [0, 0.05) is 29.7 Å². The van der Waals surface area contributed by atoms with Crippen LogP contribution in [0, 0.1) is 0 Å². The molecular formula is C14H20BrNO. The highest BCUT2D eigenvalue weighted by atomic mass is 79.9. The molecule has 0 atom stereocenters. The van der Waals surface area contributed by atoms with Crippen LogP contribution in [0.4, 0.5) is 0 Å². The Labute approximate surface area is 112 Å². The average Bonchev–Trinajstić information content (AvgIpc) is 2.58. The molecule has 0 aromatic heterocycles. The van der Waals surface area contributed by atoms with Crippen LogP contribution in [0.15, 0.2) is 28.7 Å². The predicted molar refractivity (Wildman–Crippen MR) is 74.2 cm³/mol. The summed E-state index contributed by atoms with van der Waals surface area (Å²) in [6, 6.07) is 8.60. The van der Waals surface area contributed by atoms with Crippen LogP contribution >= 0.6 is 15.9 Å². The van der Waals surface area contributed by atoms with Gasteiger partial charge in [0.15, 0.2) is 0 Å². The fraction of sp³-hybridized carbons (Fsp3) is 0.571. The molecule has 3 heteroatoms. The van der Waals surface area contributed by atoms with E-state index in [0.29, 0.717) is 0 Å². The molecule has 94 valence electrons. The van der Waals surface area contributed by atoms with E-state index in [-0.39, 0.29) is 5.54 Å². The van der Waals surface area contributed by atoms with Crippen LogP contribution in [0.1, 0.15) is 25.8 Å². The monoisotopic (exact) mass is 297 g/mol. The Morgan fingerprint density at radius 2 is 2.06 bits per heavy atom. The van der Waals surface area contributed by atoms with Crippen LogP contribution in [0.25, 0.3) is 0 Å². The Morgan fingerprint density at radius 3 is 2.82 bits per heavy atom. The van der Waals surface area contributed by atoms with E-state index in [4.69, 9.17) is 4.74 Å². The number of nitrogens with zero attached hydrogens (tertiary/aromatic N) is 1. The Bertz CT molecular complexity index is 370. The lowest BCUT2D eigenvalue weighted by Crippen LogP contribution is -2.43. The fourth-order valence-corrected chi connectivity index (χ4v) is 2.76. The number of hydrogen-bond acceptors (Lipinski definition) is 2. The molecule has 1 aliphatic rings. The number of rotatable bonds is 2. The molecule has 17 heavy (non-hydrogen) atoms. The van der Waals surface area contributed by atoms with Crippen molar-refractivity contribution in [2.75, 3.05) is 26.3 Å². The van der Waals surface area contributed by atoms with E-state index in [9.17, 15) is 0 Å². The Kier molecular flexibility index (Phi) is 4.23. The molecule has 0 amide bonds. The summed E-state index contributed by atoms with van der Waals surface area (Å²) in [4.78, 5) is 2.52. The maximum absolute atomic E-state index is 5.53. The highest BCUT2D eigenvalue weighted by Gasteiger charge is 2.29. The minimum atomic E-state index is 0.0669. The van der Waals surface area contributed by atoms with Gasteiger partial charge < -0.3 is 4.74 Å². The molecule has 0 spiro atoms. The summed E-state index contributed by atoms with van der Waals surface area (Å²) in [6.45, 7) is 8.45. The van der Waals surface area contributed by atoms with Gasteiger partial charge in [-0.25, -0.2) is 0 Å². The molecule has 0 radical (unpaired) electrons. The van der Waals surface area contributed by atoms with Crippen LogP contribution in [0.5, 0.6) is 0 Å². The van der Waals surface area contributed by atoms with Crippen molar-refractivity contribution in [1.82, 2.24) is 4.90 Å². The highest BCUT2D eigenvalue weighted by Crippen LogP contribution is 2.30. The number of halogens is 1. The Hall–Kier alpha value is -0.380. The molecule has 0 N–H and O–H groups in total. The van der Waals surface area contributed by atoms with Gasteiger partial charge in [-0.3, -0.25) is 4.90 Å². The van der Waals surface area contributed by atoms with Crippen LogP contribution < -0.4 is 0 Å². The summed E-state index contributed by atoms with van der Waals surface area (Å²) in [7, 11) is 0. The van der Waals surface area contributed by atoms with E-state index in [1.165, 1.54) is 5.56 Å². The third-order valence-corrected chi connectivity index (χ3v) is 4.04. The quantitative estimate of drug-likeness (QED) is 0.829. The number of ether oxygens (including phenoxy) is 1. The molecule has 0 bridgehead atoms. The van der Waals surface area contributed by atoms with Gasteiger partial charge in [0.1, 0.15) is 0 Å². The van der Waals surface area contributed by atoms with Crippen LogP contribution in [0.2, 0.25) is 0 Å². The molecule has 0 aliphatic carbocycles. The summed E-state index contributed by atoms with van der Waals surface area (Å²) >= 11 is 3.55. The van der Waals surface area contributed by atoms with E-state index in [2.05, 4.69) is 58.9 Å². The summed E-state index contributed by atoms with van der Waals surface area (Å²) < 4.78 is 6.68. The maximum Gasteiger partial charge on any atom is 0.0593 e. The molecule has 0 unspecified atom stereocenters. The molecule has 1 aliphatic heterocycles. The zero-order chi connectivity index (χ0) is 12.3. The van der Waals surface area contributed by atoms with E-state index in [1.54, 1.807) is 0 Å². The van der Waals surface area contributed by atoms with E-state index < -0.39 is 0 Å². The summed E-state index contributed by atoms with van der Waals surface area (Å²) in [5.74, 6) is 0. The molecule has 1 heterocycles. The van der Waals surface area contributed by atoms with Gasteiger partial charge in [-0.2, -0.15) is 0 Å². The second-order valence-corrected chi connectivity index (χ2v) is 5.94. The van der Waals surface area contributed by atoms with Gasteiger partial charge in [0.2, 0.25) is 0 Å². The third-order valence-electron chi connectivity index (χ3n) is 3.54. The molecule has 1 fully saturated rings. The number of hydrogen-bond donors (Lipinski definition) is 0. The molecule has 1 saturated heterocycles. The fourth-order valence-electron chi connectivity index (χ4n) is 2.36. The van der Waals surface area contributed by atoms with Crippen LogP contribution in [-0.2, 0) is 10.3 Å². The van der Waals surface area contributed by atoms with Gasteiger partial charge in [0.05, 0.1) is 6.61 Å². The molecule has 2 rings (SSSR count). The lowest BCUT2D eigenvalue weighted by Gasteiger charge is -2.38. The van der Waals surface area contributed by atoms with Crippen molar-refractivity contribution in [2.24, 2.45) is 0 Å². The van der Waals surface area contributed by atoms with Crippen molar-refractivity contribution in [2.45, 2.75) is 25.8 Å². The molecule has 1 aromatic carbocycles. The van der Waals surface area contributed by atoms with Crippen molar-refractivity contribution >= 4 is 15.9 Å². The molecule has 0 saturated carbocycles. The van der Waals surface area contributed by atoms with Crippen molar-refractivity contribution < 1.29 is 4.74 Å². The molecule has 1 aromatic rings. The minimum absolute atomic E-state index is 0.0669. The zero-order valence-electron chi connectivity index (χ0n) is 10.6. The summed E-state index contributed by atoms with van der Waals surface area (Å²) in [5.41, 5.74) is 1.42. The first-order valence-electron chi connectivity index (χ1n) is 6.19. The van der Waals surface area contributed by atoms with E-state index >= 15 is 0 Å². The third kappa shape index (κ3) is 3.09. The molecular weight excluding hydrogens is 278 g/mol. The smallest absolute Gasteiger partial charge is 0.0593 e. The van der Waals surface area contributed by atoms with Crippen molar-refractivity contribution in [1.29, 1.82) is 0 Å². The first-order valence-corrected chi connectivity index (χ1v) is 6.99. The zero-order valence-corrected chi connectivity index (χ0v) is 12.2. The summed E-state index contributed by atoms with van der Waals surface area (Å²) in [5, 5.41) is 0. The standard InChI is InChI=1S/C14H20BrNO/c1-14(2,12-5-3-6-13(15)11-12)16-7-4-9-17-10-8-16/h3,5-6,11H,4,7-10H2,1-2H3. The van der Waals surface area contributed by atoms with Crippen molar-refractivity contribution in [3.05, 3.63) is 34.3 Å². The predicted octanol–water partition coefficient (Wildman–Crippen LogP) is 3.41. The van der Waals surface area contributed by atoms with Gasteiger partial charge in [0.25, 0.3) is 0 Å².